The molecule has 0 bridgehead atoms. The van der Waals surface area contributed by atoms with E-state index in [0.717, 1.165) is 65.4 Å². The number of likely N-dealkylation sites (tertiary alicyclic amines) is 1. The Hall–Kier alpha value is -2.91. The van der Waals surface area contributed by atoms with Crippen molar-refractivity contribution in [2.75, 3.05) is 13.1 Å². The van der Waals surface area contributed by atoms with Crippen molar-refractivity contribution in [3.05, 3.63) is 75.9 Å². The average Bonchev–Trinajstić information content (AvgIpc) is 3.44. The smallest absolute Gasteiger partial charge is 0.349 e. The van der Waals surface area contributed by atoms with Gasteiger partial charge in [0.05, 0.1) is 11.0 Å². The lowest BCUT2D eigenvalue weighted by atomic mass is 10.1. The van der Waals surface area contributed by atoms with Crippen LogP contribution in [0.2, 0.25) is 5.02 Å². The number of imidazole rings is 1. The summed E-state index contributed by atoms with van der Waals surface area (Å²) < 4.78 is 8.02. The average molecular weight is 511 g/mol. The number of hydrogen-bond donors (Lipinski definition) is 2. The maximum atomic E-state index is 12.0. The largest absolute Gasteiger partial charge is 0.484 e. The number of aromatic nitrogens is 2. The summed E-state index contributed by atoms with van der Waals surface area (Å²) in [7, 11) is 0. The van der Waals surface area contributed by atoms with E-state index in [9.17, 15) is 9.90 Å². The van der Waals surface area contributed by atoms with E-state index >= 15 is 0 Å². The number of rotatable bonds is 7. The summed E-state index contributed by atoms with van der Waals surface area (Å²) in [5.74, 6) is -0.719. The second-order valence-electron chi connectivity index (χ2n) is 8.92. The third-order valence-electron chi connectivity index (χ3n) is 6.41. The van der Waals surface area contributed by atoms with Crippen LogP contribution in [-0.2, 0) is 6.54 Å². The van der Waals surface area contributed by atoms with Crippen LogP contribution in [0.5, 0.6) is 5.75 Å². The van der Waals surface area contributed by atoms with Gasteiger partial charge in [0.1, 0.15) is 23.2 Å². The van der Waals surface area contributed by atoms with Crippen LogP contribution in [0.4, 0.5) is 0 Å². The summed E-state index contributed by atoms with van der Waals surface area (Å²) in [6.07, 6.45) is 3.35. The monoisotopic (exact) mass is 510 g/mol. The Balaban J connectivity index is 1.44. The molecule has 1 aliphatic heterocycles. The molecule has 182 valence electrons. The summed E-state index contributed by atoms with van der Waals surface area (Å²) >= 11 is 7.48. The second kappa shape index (κ2) is 9.99. The number of carboxylic acid groups (broad SMARTS) is 1. The molecule has 5 rings (SSSR count). The molecule has 0 spiro atoms. The van der Waals surface area contributed by atoms with Gasteiger partial charge in [0, 0.05) is 29.2 Å². The number of piperidine rings is 1. The predicted octanol–water partition coefficient (Wildman–Crippen LogP) is 5.50. The number of thiophene rings is 1. The van der Waals surface area contributed by atoms with E-state index in [1.165, 1.54) is 5.56 Å². The van der Waals surface area contributed by atoms with Gasteiger partial charge in [-0.1, -0.05) is 35.9 Å². The lowest BCUT2D eigenvalue weighted by Gasteiger charge is -2.30. The quantitative estimate of drug-likeness (QED) is 0.341. The van der Waals surface area contributed by atoms with Gasteiger partial charge in [-0.05, 0) is 56.6 Å². The normalized spacial score (nSPS) is 16.0. The Morgan fingerprint density at radius 3 is 2.77 bits per heavy atom. The Labute approximate surface area is 212 Å². The maximum absolute atomic E-state index is 12.0. The van der Waals surface area contributed by atoms with Crippen LogP contribution in [0, 0.1) is 0 Å². The summed E-state index contributed by atoms with van der Waals surface area (Å²) in [5.41, 5.74) is 9.82. The van der Waals surface area contributed by atoms with Crippen LogP contribution in [0.3, 0.4) is 0 Å². The van der Waals surface area contributed by atoms with Crippen LogP contribution in [0.1, 0.15) is 46.7 Å². The van der Waals surface area contributed by atoms with Gasteiger partial charge in [0.2, 0.25) is 0 Å². The first-order valence-electron chi connectivity index (χ1n) is 11.6. The number of benzene rings is 2. The number of nitrogens with two attached hydrogens (primary N) is 1. The van der Waals surface area contributed by atoms with Gasteiger partial charge in [0.25, 0.3) is 0 Å². The van der Waals surface area contributed by atoms with Gasteiger partial charge < -0.3 is 15.6 Å². The van der Waals surface area contributed by atoms with Crippen molar-refractivity contribution >= 4 is 39.9 Å². The van der Waals surface area contributed by atoms with E-state index < -0.39 is 12.1 Å². The van der Waals surface area contributed by atoms with Crippen LogP contribution < -0.4 is 10.5 Å². The van der Waals surface area contributed by atoms with Gasteiger partial charge in [-0.15, -0.1) is 11.3 Å². The molecule has 1 saturated heterocycles. The lowest BCUT2D eigenvalue weighted by Crippen LogP contribution is -2.39. The van der Waals surface area contributed by atoms with Crippen LogP contribution in [-0.4, -0.2) is 44.7 Å². The van der Waals surface area contributed by atoms with E-state index in [1.807, 2.05) is 35.8 Å². The molecule has 4 aromatic rings. The van der Waals surface area contributed by atoms with Crippen LogP contribution in [0.25, 0.3) is 16.0 Å². The van der Waals surface area contributed by atoms with Crippen molar-refractivity contribution in [3.8, 4) is 10.8 Å². The van der Waals surface area contributed by atoms with Crippen molar-refractivity contribution in [3.63, 3.8) is 0 Å². The SMILES string of the molecule is C[C@@H](Oc1cc(-n2cnc3ccc(CN4CCC(N)CC4)cc32)sc1C(=O)O)c1ccccc1Cl. The fourth-order valence-corrected chi connectivity index (χ4v) is 5.68. The van der Waals surface area contributed by atoms with Crippen LogP contribution >= 0.6 is 22.9 Å². The molecule has 0 saturated carbocycles. The minimum atomic E-state index is -1.03. The van der Waals surface area contributed by atoms with Gasteiger partial charge in [-0.2, -0.15) is 0 Å². The molecule has 0 radical (unpaired) electrons. The molecule has 35 heavy (non-hydrogen) atoms. The number of ether oxygens (including phenoxy) is 1. The number of carboxylic acids is 1. The van der Waals surface area contributed by atoms with Gasteiger partial charge in [-0.3, -0.25) is 9.47 Å². The fraction of sp³-hybridized carbons (Fsp3) is 0.308. The van der Waals surface area contributed by atoms with Crippen molar-refractivity contribution in [1.82, 2.24) is 14.5 Å². The first-order valence-corrected chi connectivity index (χ1v) is 12.8. The minimum Gasteiger partial charge on any atom is -0.484 e. The minimum absolute atomic E-state index is 0.140. The molecule has 7 nitrogen and oxygen atoms in total. The zero-order chi connectivity index (χ0) is 24.5. The van der Waals surface area contributed by atoms with Crippen LogP contribution in [0.15, 0.2) is 54.9 Å². The number of nitrogens with zero attached hydrogens (tertiary/aromatic N) is 3. The third-order valence-corrected chi connectivity index (χ3v) is 7.86. The van der Waals surface area contributed by atoms with Gasteiger partial charge in [-0.25, -0.2) is 9.78 Å². The predicted molar refractivity (Wildman–Crippen MR) is 139 cm³/mol. The Morgan fingerprint density at radius 2 is 2.03 bits per heavy atom. The molecule has 1 aliphatic rings. The topological polar surface area (TPSA) is 93.6 Å². The summed E-state index contributed by atoms with van der Waals surface area (Å²) in [6.45, 7) is 4.70. The van der Waals surface area contributed by atoms with Crippen molar-refractivity contribution in [2.24, 2.45) is 5.73 Å². The summed E-state index contributed by atoms with van der Waals surface area (Å²) in [6, 6.07) is 15.7. The number of aromatic carboxylic acids is 1. The lowest BCUT2D eigenvalue weighted by molar-refractivity contribution is 0.0696. The number of fused-ring (bicyclic) bond motifs is 1. The molecular weight excluding hydrogens is 484 g/mol. The molecule has 3 N–H and O–H groups in total. The molecular formula is C26H27ClN4O3S. The molecule has 3 heterocycles. The fourth-order valence-electron chi connectivity index (χ4n) is 4.47. The van der Waals surface area contributed by atoms with Gasteiger partial charge >= 0.3 is 5.97 Å². The molecule has 2 aromatic heterocycles. The van der Waals surface area contributed by atoms with Crippen molar-refractivity contribution in [2.45, 2.75) is 38.5 Å². The highest BCUT2D eigenvalue weighted by Gasteiger charge is 2.22. The third kappa shape index (κ3) is 5.06. The summed E-state index contributed by atoms with van der Waals surface area (Å²) in [5, 5.41) is 11.1. The first kappa shape index (κ1) is 23.8. The molecule has 1 atom stereocenters. The molecule has 0 amide bonds. The van der Waals surface area contributed by atoms with Crippen molar-refractivity contribution in [1.29, 1.82) is 0 Å². The molecule has 1 fully saturated rings. The number of carbonyl (C=O) groups is 1. The zero-order valence-electron chi connectivity index (χ0n) is 19.4. The highest BCUT2D eigenvalue weighted by Crippen LogP contribution is 2.37. The molecule has 2 aromatic carbocycles. The standard InChI is InChI=1S/C26H27ClN4O3S/c1-16(19-4-2-3-5-20(19)27)34-23-13-24(35-25(23)26(32)33)31-15-29-21-7-6-17(12-22(21)31)14-30-10-8-18(28)9-11-30/h2-7,12-13,15-16,18H,8-11,14,28H2,1H3,(H,32,33)/t16-/m1/s1. The summed E-state index contributed by atoms with van der Waals surface area (Å²) in [4.78, 5) is 19.1. The maximum Gasteiger partial charge on any atom is 0.349 e. The van der Waals surface area contributed by atoms with E-state index in [1.54, 1.807) is 18.5 Å². The Bertz CT molecular complexity index is 1360. The molecule has 0 aliphatic carbocycles. The molecule has 9 heteroatoms. The highest BCUT2D eigenvalue weighted by atomic mass is 35.5. The number of halogens is 1. The van der Waals surface area contributed by atoms with E-state index in [-0.39, 0.29) is 4.88 Å². The first-order chi connectivity index (χ1) is 16.9. The van der Waals surface area contributed by atoms with E-state index in [2.05, 4.69) is 22.0 Å². The van der Waals surface area contributed by atoms with E-state index in [0.29, 0.717) is 16.8 Å². The van der Waals surface area contributed by atoms with Crippen molar-refractivity contribution < 1.29 is 14.6 Å². The molecule has 0 unspecified atom stereocenters. The second-order valence-corrected chi connectivity index (χ2v) is 10.4. The number of hydrogen-bond acceptors (Lipinski definition) is 6. The highest BCUT2D eigenvalue weighted by molar-refractivity contribution is 7.16. The Kier molecular flexibility index (Phi) is 6.80. The van der Waals surface area contributed by atoms with Gasteiger partial charge in [0.15, 0.2) is 4.88 Å². The van der Waals surface area contributed by atoms with E-state index in [4.69, 9.17) is 22.1 Å². The Morgan fingerprint density at radius 1 is 1.26 bits per heavy atom. The zero-order valence-corrected chi connectivity index (χ0v) is 20.9.